The van der Waals surface area contributed by atoms with E-state index in [4.69, 9.17) is 17.3 Å². The average molecular weight is 319 g/mol. The summed E-state index contributed by atoms with van der Waals surface area (Å²) in [6.45, 7) is 5.91. The van der Waals surface area contributed by atoms with E-state index in [1.54, 1.807) is 13.8 Å². The number of benzene rings is 1. The maximum atomic E-state index is 12.5. The van der Waals surface area contributed by atoms with Gasteiger partial charge in [0.1, 0.15) is 5.25 Å². The molecule has 0 saturated heterocycles. The Kier molecular flexibility index (Phi) is 5.42. The zero-order chi connectivity index (χ0) is 15.5. The summed E-state index contributed by atoms with van der Waals surface area (Å²) in [5.74, 6) is -0.428. The predicted octanol–water partition coefficient (Wildman–Crippen LogP) is 1.95. The van der Waals surface area contributed by atoms with Crippen molar-refractivity contribution < 1.29 is 13.2 Å². The molecule has 1 unspecified atom stereocenters. The molecule has 0 spiro atoms. The molecule has 0 aliphatic carbocycles. The fourth-order valence-electron chi connectivity index (χ4n) is 1.86. The predicted molar refractivity (Wildman–Crippen MR) is 80.4 cm³/mol. The topological polar surface area (TPSA) is 80.5 Å². The minimum Gasteiger partial charge on any atom is -0.399 e. The summed E-state index contributed by atoms with van der Waals surface area (Å²) in [7, 11) is -3.83. The number of carbonyl (C=O) groups excluding carboxylic acids is 1. The van der Waals surface area contributed by atoms with Gasteiger partial charge in [-0.3, -0.25) is 4.79 Å². The third-order valence-electron chi connectivity index (χ3n) is 3.15. The molecule has 1 atom stereocenters. The van der Waals surface area contributed by atoms with Crippen LogP contribution in [0.4, 0.5) is 5.69 Å². The summed E-state index contributed by atoms with van der Waals surface area (Å²) in [5, 5.41) is -1.15. The van der Waals surface area contributed by atoms with E-state index >= 15 is 0 Å². The van der Waals surface area contributed by atoms with E-state index in [-0.39, 0.29) is 9.92 Å². The number of sulfone groups is 1. The van der Waals surface area contributed by atoms with Gasteiger partial charge in [-0.05, 0) is 39.0 Å². The number of hydrogen-bond donors (Lipinski definition) is 1. The molecule has 112 valence electrons. The Bertz CT molecular complexity index is 598. The number of nitrogens with zero attached hydrogens (tertiary/aromatic N) is 1. The third-order valence-corrected chi connectivity index (χ3v) is 5.68. The molecule has 0 aliphatic rings. The van der Waals surface area contributed by atoms with E-state index in [0.29, 0.717) is 18.8 Å². The third kappa shape index (κ3) is 3.24. The lowest BCUT2D eigenvalue weighted by molar-refractivity contribution is -0.130. The molecule has 0 saturated carbocycles. The average Bonchev–Trinajstić information content (AvgIpc) is 2.38. The zero-order valence-corrected chi connectivity index (χ0v) is 13.3. The van der Waals surface area contributed by atoms with Crippen LogP contribution >= 0.6 is 11.6 Å². The van der Waals surface area contributed by atoms with Crippen LogP contribution in [0.1, 0.15) is 20.8 Å². The van der Waals surface area contributed by atoms with Gasteiger partial charge in [0.05, 0.1) is 9.92 Å². The van der Waals surface area contributed by atoms with Crippen LogP contribution in [0, 0.1) is 0 Å². The van der Waals surface area contributed by atoms with Crippen molar-refractivity contribution in [2.45, 2.75) is 30.9 Å². The zero-order valence-electron chi connectivity index (χ0n) is 11.8. The van der Waals surface area contributed by atoms with Gasteiger partial charge < -0.3 is 10.6 Å². The molecule has 1 rings (SSSR count). The van der Waals surface area contributed by atoms with Crippen LogP contribution in [0.5, 0.6) is 0 Å². The number of amides is 1. The minimum atomic E-state index is -3.83. The van der Waals surface area contributed by atoms with Gasteiger partial charge in [-0.25, -0.2) is 8.42 Å². The fraction of sp³-hybridized carbons (Fsp3) is 0.462. The Hall–Kier alpha value is -1.27. The van der Waals surface area contributed by atoms with Gasteiger partial charge in [0.15, 0.2) is 9.84 Å². The monoisotopic (exact) mass is 318 g/mol. The first-order valence-electron chi connectivity index (χ1n) is 6.33. The SMILES string of the molecule is CCN(CC)C(=O)C(C)S(=O)(=O)c1ccc(N)cc1Cl. The van der Waals surface area contributed by atoms with E-state index in [1.807, 2.05) is 0 Å². The Balaban J connectivity index is 3.19. The lowest BCUT2D eigenvalue weighted by Crippen LogP contribution is -2.41. The largest absolute Gasteiger partial charge is 0.399 e. The number of anilines is 1. The first kappa shape index (κ1) is 16.8. The van der Waals surface area contributed by atoms with Gasteiger partial charge in [0, 0.05) is 18.8 Å². The Morgan fingerprint density at radius 3 is 2.35 bits per heavy atom. The summed E-state index contributed by atoms with van der Waals surface area (Å²) in [6.07, 6.45) is 0. The van der Waals surface area contributed by atoms with Crippen molar-refractivity contribution >= 4 is 33.0 Å². The van der Waals surface area contributed by atoms with Crippen molar-refractivity contribution in [2.24, 2.45) is 0 Å². The van der Waals surface area contributed by atoms with Crippen molar-refractivity contribution in [2.75, 3.05) is 18.8 Å². The van der Waals surface area contributed by atoms with Crippen LogP contribution < -0.4 is 5.73 Å². The first-order valence-corrected chi connectivity index (χ1v) is 8.25. The second-order valence-corrected chi connectivity index (χ2v) is 7.03. The summed E-state index contributed by atoms with van der Waals surface area (Å²) in [6, 6.07) is 4.15. The number of nitrogens with two attached hydrogens (primary N) is 1. The maximum absolute atomic E-state index is 12.5. The number of halogens is 1. The van der Waals surface area contributed by atoms with Crippen LogP contribution in [-0.4, -0.2) is 37.6 Å². The van der Waals surface area contributed by atoms with Gasteiger partial charge in [0.2, 0.25) is 5.91 Å². The fourth-order valence-corrected chi connectivity index (χ4v) is 3.76. The molecule has 7 heteroatoms. The molecule has 0 aliphatic heterocycles. The van der Waals surface area contributed by atoms with E-state index in [0.717, 1.165) is 0 Å². The summed E-state index contributed by atoms with van der Waals surface area (Å²) in [5.41, 5.74) is 5.92. The van der Waals surface area contributed by atoms with E-state index in [2.05, 4.69) is 0 Å². The lowest BCUT2D eigenvalue weighted by atomic mass is 10.3. The second-order valence-electron chi connectivity index (χ2n) is 4.39. The molecular weight excluding hydrogens is 300 g/mol. The molecule has 20 heavy (non-hydrogen) atoms. The van der Waals surface area contributed by atoms with Gasteiger partial charge in [-0.1, -0.05) is 11.6 Å². The highest BCUT2D eigenvalue weighted by molar-refractivity contribution is 7.92. The number of nitrogen functional groups attached to an aromatic ring is 1. The molecule has 1 amide bonds. The summed E-state index contributed by atoms with van der Waals surface area (Å²) < 4.78 is 24.9. The summed E-state index contributed by atoms with van der Waals surface area (Å²) in [4.78, 5) is 13.6. The molecule has 0 fully saturated rings. The van der Waals surface area contributed by atoms with Crippen molar-refractivity contribution in [1.29, 1.82) is 0 Å². The molecule has 0 aromatic heterocycles. The second kappa shape index (κ2) is 6.45. The van der Waals surface area contributed by atoms with Crippen molar-refractivity contribution in [3.63, 3.8) is 0 Å². The Morgan fingerprint density at radius 1 is 1.35 bits per heavy atom. The molecule has 1 aromatic rings. The molecule has 0 heterocycles. The van der Waals surface area contributed by atoms with Crippen LogP contribution in [0.2, 0.25) is 5.02 Å². The van der Waals surface area contributed by atoms with Crippen LogP contribution in [0.25, 0.3) is 0 Å². The van der Waals surface area contributed by atoms with Crippen LogP contribution in [0.3, 0.4) is 0 Å². The van der Waals surface area contributed by atoms with E-state index in [9.17, 15) is 13.2 Å². The smallest absolute Gasteiger partial charge is 0.240 e. The van der Waals surface area contributed by atoms with Gasteiger partial charge in [-0.15, -0.1) is 0 Å². The van der Waals surface area contributed by atoms with Gasteiger partial charge in [0.25, 0.3) is 0 Å². The Labute approximate surface area is 124 Å². The normalized spacial score (nSPS) is 13.0. The molecular formula is C13H19ClN2O3S. The standard InChI is InChI=1S/C13H19ClN2O3S/c1-4-16(5-2)13(17)9(3)20(18,19)12-7-6-10(15)8-11(12)14/h6-9H,4-5,15H2,1-3H3. The molecule has 5 nitrogen and oxygen atoms in total. The lowest BCUT2D eigenvalue weighted by Gasteiger charge is -2.23. The number of carbonyl (C=O) groups is 1. The molecule has 1 aromatic carbocycles. The Morgan fingerprint density at radius 2 is 1.90 bits per heavy atom. The quantitative estimate of drug-likeness (QED) is 0.841. The molecule has 0 radical (unpaired) electrons. The number of hydrogen-bond acceptors (Lipinski definition) is 4. The highest BCUT2D eigenvalue weighted by Gasteiger charge is 2.33. The van der Waals surface area contributed by atoms with Crippen molar-refractivity contribution in [3.8, 4) is 0 Å². The van der Waals surface area contributed by atoms with Crippen molar-refractivity contribution in [1.82, 2.24) is 4.90 Å². The van der Waals surface area contributed by atoms with Crippen LogP contribution in [-0.2, 0) is 14.6 Å². The summed E-state index contributed by atoms with van der Waals surface area (Å²) >= 11 is 5.93. The highest BCUT2D eigenvalue weighted by Crippen LogP contribution is 2.27. The molecule has 0 bridgehead atoms. The van der Waals surface area contributed by atoms with Gasteiger partial charge in [-0.2, -0.15) is 0 Å². The minimum absolute atomic E-state index is 0.0317. The van der Waals surface area contributed by atoms with Crippen molar-refractivity contribution in [3.05, 3.63) is 23.2 Å². The van der Waals surface area contributed by atoms with Gasteiger partial charge >= 0.3 is 0 Å². The first-order chi connectivity index (χ1) is 9.25. The maximum Gasteiger partial charge on any atom is 0.240 e. The number of rotatable bonds is 5. The highest BCUT2D eigenvalue weighted by atomic mass is 35.5. The van der Waals surface area contributed by atoms with Crippen LogP contribution in [0.15, 0.2) is 23.1 Å². The van der Waals surface area contributed by atoms with E-state index < -0.39 is 21.0 Å². The molecule has 2 N–H and O–H groups in total. The van der Waals surface area contributed by atoms with E-state index in [1.165, 1.54) is 30.0 Å².